The van der Waals surface area contributed by atoms with Crippen molar-refractivity contribution in [3.63, 3.8) is 0 Å². The molecular formula is C10H9N3O2. The average molecular weight is 203 g/mol. The molecule has 2 heterocycles. The number of carboxylic acids is 1. The van der Waals surface area contributed by atoms with Crippen molar-refractivity contribution >= 4 is 5.97 Å². The molecule has 5 heteroatoms. The van der Waals surface area contributed by atoms with Gasteiger partial charge in [-0.15, -0.1) is 0 Å². The molecule has 0 unspecified atom stereocenters. The normalized spacial score (nSPS) is 10.2. The number of nitrogens with one attached hydrogen (secondary N) is 1. The van der Waals surface area contributed by atoms with Crippen LogP contribution in [0.4, 0.5) is 0 Å². The van der Waals surface area contributed by atoms with Crippen molar-refractivity contribution < 1.29 is 9.90 Å². The maximum absolute atomic E-state index is 10.8. The van der Waals surface area contributed by atoms with E-state index in [1.54, 1.807) is 6.20 Å². The van der Waals surface area contributed by atoms with Gasteiger partial charge in [0.05, 0.1) is 11.9 Å². The molecule has 0 atom stereocenters. The van der Waals surface area contributed by atoms with Crippen LogP contribution in [0.15, 0.2) is 24.5 Å². The maximum atomic E-state index is 10.8. The molecule has 0 bridgehead atoms. The molecule has 5 nitrogen and oxygen atoms in total. The molecule has 0 saturated carbocycles. The summed E-state index contributed by atoms with van der Waals surface area (Å²) in [5.41, 5.74) is 2.24. The van der Waals surface area contributed by atoms with Crippen LogP contribution in [0.1, 0.15) is 16.1 Å². The number of aromatic amines is 1. The van der Waals surface area contributed by atoms with Crippen molar-refractivity contribution in [3.05, 3.63) is 35.8 Å². The Morgan fingerprint density at radius 1 is 1.40 bits per heavy atom. The van der Waals surface area contributed by atoms with E-state index in [1.165, 1.54) is 6.20 Å². The van der Waals surface area contributed by atoms with E-state index in [-0.39, 0.29) is 5.56 Å². The molecule has 0 aliphatic carbocycles. The number of aromatic carboxylic acids is 1. The number of pyridine rings is 1. The largest absolute Gasteiger partial charge is 0.478 e. The number of nitrogens with zero attached hydrogens (tertiary/aromatic N) is 2. The van der Waals surface area contributed by atoms with E-state index in [9.17, 15) is 4.79 Å². The lowest BCUT2D eigenvalue weighted by molar-refractivity contribution is 0.0698. The van der Waals surface area contributed by atoms with Gasteiger partial charge in [0, 0.05) is 17.5 Å². The zero-order valence-corrected chi connectivity index (χ0v) is 8.06. The summed E-state index contributed by atoms with van der Waals surface area (Å²) >= 11 is 0. The van der Waals surface area contributed by atoms with Crippen molar-refractivity contribution in [2.45, 2.75) is 6.92 Å². The molecule has 0 aliphatic rings. The number of aromatic nitrogens is 3. The summed E-state index contributed by atoms with van der Waals surface area (Å²) in [6.45, 7) is 1.87. The highest BCUT2D eigenvalue weighted by Gasteiger charge is 2.13. The van der Waals surface area contributed by atoms with Gasteiger partial charge in [0.1, 0.15) is 5.56 Å². The van der Waals surface area contributed by atoms with E-state index in [0.29, 0.717) is 5.69 Å². The summed E-state index contributed by atoms with van der Waals surface area (Å²) < 4.78 is 0. The fraction of sp³-hybridized carbons (Fsp3) is 0.100. The Morgan fingerprint density at radius 2 is 2.20 bits per heavy atom. The van der Waals surface area contributed by atoms with Gasteiger partial charge in [0.2, 0.25) is 0 Å². The second-order valence-corrected chi connectivity index (χ2v) is 3.15. The predicted molar refractivity (Wildman–Crippen MR) is 53.5 cm³/mol. The van der Waals surface area contributed by atoms with E-state index in [4.69, 9.17) is 5.11 Å². The molecule has 15 heavy (non-hydrogen) atoms. The summed E-state index contributed by atoms with van der Waals surface area (Å²) in [5.74, 6) is -1.00. The molecule has 0 saturated heterocycles. The lowest BCUT2D eigenvalue weighted by Gasteiger charge is -1.99. The maximum Gasteiger partial charge on any atom is 0.339 e. The van der Waals surface area contributed by atoms with E-state index in [0.717, 1.165) is 11.3 Å². The summed E-state index contributed by atoms with van der Waals surface area (Å²) in [5, 5.41) is 15.3. The highest BCUT2D eigenvalue weighted by molar-refractivity contribution is 5.94. The van der Waals surface area contributed by atoms with Gasteiger partial charge in [-0.2, -0.15) is 5.10 Å². The minimum Gasteiger partial charge on any atom is -0.478 e. The number of carbonyl (C=O) groups is 1. The summed E-state index contributed by atoms with van der Waals surface area (Å²) in [6.07, 6.45) is 2.91. The van der Waals surface area contributed by atoms with Crippen molar-refractivity contribution in [3.8, 4) is 11.3 Å². The number of aryl methyl sites for hydroxylation is 1. The predicted octanol–water partition coefficient (Wildman–Crippen LogP) is 1.48. The van der Waals surface area contributed by atoms with E-state index >= 15 is 0 Å². The van der Waals surface area contributed by atoms with Crippen LogP contribution in [0.25, 0.3) is 11.3 Å². The van der Waals surface area contributed by atoms with Crippen molar-refractivity contribution in [2.24, 2.45) is 0 Å². The van der Waals surface area contributed by atoms with Gasteiger partial charge in [0.15, 0.2) is 0 Å². The summed E-state index contributed by atoms with van der Waals surface area (Å²) in [7, 11) is 0. The average Bonchev–Trinajstić information content (AvgIpc) is 2.67. The number of H-pyrrole nitrogens is 1. The second-order valence-electron chi connectivity index (χ2n) is 3.15. The Kier molecular flexibility index (Phi) is 2.21. The highest BCUT2D eigenvalue weighted by Crippen LogP contribution is 2.19. The van der Waals surface area contributed by atoms with Crippen LogP contribution >= 0.6 is 0 Å². The zero-order chi connectivity index (χ0) is 10.8. The van der Waals surface area contributed by atoms with Gasteiger partial charge in [-0.1, -0.05) is 0 Å². The van der Waals surface area contributed by atoms with Crippen LogP contribution in [-0.4, -0.2) is 26.3 Å². The minimum atomic E-state index is -1.00. The first-order chi connectivity index (χ1) is 7.18. The minimum absolute atomic E-state index is 0.153. The molecular weight excluding hydrogens is 194 g/mol. The van der Waals surface area contributed by atoms with Gasteiger partial charge in [0.25, 0.3) is 0 Å². The molecule has 0 aromatic carbocycles. The Hall–Kier alpha value is -2.17. The first kappa shape index (κ1) is 9.39. The van der Waals surface area contributed by atoms with Crippen LogP contribution in [0.5, 0.6) is 0 Å². The fourth-order valence-corrected chi connectivity index (χ4v) is 1.28. The zero-order valence-electron chi connectivity index (χ0n) is 8.06. The van der Waals surface area contributed by atoms with Gasteiger partial charge in [-0.25, -0.2) is 4.79 Å². The molecule has 2 rings (SSSR count). The van der Waals surface area contributed by atoms with Gasteiger partial charge in [-0.05, 0) is 19.1 Å². The molecule has 2 aromatic heterocycles. The molecule has 0 aliphatic heterocycles. The van der Waals surface area contributed by atoms with Gasteiger partial charge >= 0.3 is 5.97 Å². The monoisotopic (exact) mass is 203 g/mol. The lowest BCUT2D eigenvalue weighted by Crippen LogP contribution is -1.97. The molecule has 2 aromatic rings. The van der Waals surface area contributed by atoms with Gasteiger partial charge in [-0.3, -0.25) is 10.1 Å². The van der Waals surface area contributed by atoms with E-state index in [2.05, 4.69) is 15.2 Å². The SMILES string of the molecule is Cc1ccc(-c2[nH]ncc2C(=O)O)cn1. The first-order valence-electron chi connectivity index (χ1n) is 4.38. The number of hydrogen-bond donors (Lipinski definition) is 2. The summed E-state index contributed by atoms with van der Waals surface area (Å²) in [6, 6.07) is 3.63. The number of carboxylic acid groups (broad SMARTS) is 1. The summed E-state index contributed by atoms with van der Waals surface area (Å²) in [4.78, 5) is 14.9. The molecule has 0 fully saturated rings. The third-order valence-electron chi connectivity index (χ3n) is 2.07. The standard InChI is InChI=1S/C10H9N3O2/c1-6-2-3-7(4-11-6)9-8(10(14)15)5-12-13-9/h2-5H,1H3,(H,12,13)(H,14,15). The molecule has 0 amide bonds. The van der Waals surface area contributed by atoms with E-state index < -0.39 is 5.97 Å². The van der Waals surface area contributed by atoms with Crippen LogP contribution in [-0.2, 0) is 0 Å². The molecule has 0 spiro atoms. The molecule has 76 valence electrons. The van der Waals surface area contributed by atoms with Crippen molar-refractivity contribution in [1.29, 1.82) is 0 Å². The molecule has 2 N–H and O–H groups in total. The van der Waals surface area contributed by atoms with Crippen LogP contribution in [0.2, 0.25) is 0 Å². The Labute approximate surface area is 85.8 Å². The molecule has 0 radical (unpaired) electrons. The van der Waals surface area contributed by atoms with Gasteiger partial charge < -0.3 is 5.11 Å². The number of hydrogen-bond acceptors (Lipinski definition) is 3. The van der Waals surface area contributed by atoms with Crippen LogP contribution in [0, 0.1) is 6.92 Å². The Bertz CT molecular complexity index is 488. The fourth-order valence-electron chi connectivity index (χ4n) is 1.28. The van der Waals surface area contributed by atoms with Crippen molar-refractivity contribution in [2.75, 3.05) is 0 Å². The highest BCUT2D eigenvalue weighted by atomic mass is 16.4. The lowest BCUT2D eigenvalue weighted by atomic mass is 10.1. The topological polar surface area (TPSA) is 78.9 Å². The third-order valence-corrected chi connectivity index (χ3v) is 2.07. The van der Waals surface area contributed by atoms with Crippen LogP contribution < -0.4 is 0 Å². The smallest absolute Gasteiger partial charge is 0.339 e. The second kappa shape index (κ2) is 3.53. The van der Waals surface area contributed by atoms with Crippen molar-refractivity contribution in [1.82, 2.24) is 15.2 Å². The number of rotatable bonds is 2. The Morgan fingerprint density at radius 3 is 2.80 bits per heavy atom. The first-order valence-corrected chi connectivity index (χ1v) is 4.38. The third kappa shape index (κ3) is 1.71. The van der Waals surface area contributed by atoms with Crippen LogP contribution in [0.3, 0.4) is 0 Å². The quantitative estimate of drug-likeness (QED) is 0.774. The Balaban J connectivity index is 2.49. The van der Waals surface area contributed by atoms with E-state index in [1.807, 2.05) is 19.1 Å².